The molecule has 0 aliphatic heterocycles. The summed E-state index contributed by atoms with van der Waals surface area (Å²) in [5.74, 6) is 0. The number of hydrogen-bond acceptors (Lipinski definition) is 9. The molecule has 8 aromatic heterocycles. The molecule has 0 aliphatic carbocycles. The molecule has 0 fully saturated rings. The zero-order valence-corrected chi connectivity index (χ0v) is 63.9. The largest absolute Gasteiger partial charge is 0.455 e. The van der Waals surface area contributed by atoms with E-state index < -0.39 is 7.14 Å². The van der Waals surface area contributed by atoms with Gasteiger partial charge in [0.2, 0.25) is 0 Å². The summed E-state index contributed by atoms with van der Waals surface area (Å²) in [5.41, 5.74) is 18.0. The predicted molar refractivity (Wildman–Crippen MR) is 488 cm³/mol. The molecule has 0 amide bonds. The van der Waals surface area contributed by atoms with Crippen molar-refractivity contribution in [2.45, 2.75) is 0 Å². The number of benzene rings is 16. The van der Waals surface area contributed by atoms with Crippen molar-refractivity contribution in [2.24, 2.45) is 0 Å². The van der Waals surface area contributed by atoms with Gasteiger partial charge < -0.3 is 8.98 Å². The molecule has 24 aromatic rings. The van der Waals surface area contributed by atoms with Crippen molar-refractivity contribution in [1.82, 2.24) is 34.9 Å². The second-order valence-corrected chi connectivity index (χ2v) is 32.4. The fourth-order valence-corrected chi connectivity index (χ4v) is 20.3. The van der Waals surface area contributed by atoms with E-state index in [2.05, 4.69) is 260 Å². The highest BCUT2D eigenvalue weighted by Gasteiger charge is 2.31. The average molecular weight is 1510 g/mol. The minimum Gasteiger partial charge on any atom is -0.455 e. The van der Waals surface area contributed by atoms with Crippen LogP contribution in [-0.2, 0) is 4.57 Å². The van der Waals surface area contributed by atoms with Gasteiger partial charge in [-0.05, 0) is 94.0 Å². The molecule has 10 heteroatoms. The van der Waals surface area contributed by atoms with Gasteiger partial charge in [-0.1, -0.05) is 303 Å². The molecule has 0 saturated carbocycles. The Morgan fingerprint density at radius 2 is 0.607 bits per heavy atom. The van der Waals surface area contributed by atoms with Crippen LogP contribution in [0.3, 0.4) is 0 Å². The second-order valence-electron chi connectivity index (χ2n) is 29.6. The summed E-state index contributed by atoms with van der Waals surface area (Å²) in [6, 6.07) is 127. The molecule has 0 N–H and O–H groups in total. The first kappa shape index (κ1) is 68.5. The second kappa shape index (κ2) is 28.4. The van der Waals surface area contributed by atoms with Crippen molar-refractivity contribution in [3.63, 3.8) is 0 Å². The van der Waals surface area contributed by atoms with Gasteiger partial charge in [-0.3, -0.25) is 19.9 Å². The van der Waals surface area contributed by atoms with E-state index >= 15 is 4.57 Å². The van der Waals surface area contributed by atoms with Crippen LogP contribution in [0.1, 0.15) is 0 Å². The molecule has 0 saturated heterocycles. The zero-order chi connectivity index (χ0) is 77.5. The number of pyridine rings is 7. The minimum atomic E-state index is -3.14. The van der Waals surface area contributed by atoms with Crippen LogP contribution in [0.2, 0.25) is 0 Å². The molecule has 0 unspecified atom stereocenters. The zero-order valence-electron chi connectivity index (χ0n) is 63.0. The van der Waals surface area contributed by atoms with Gasteiger partial charge in [0.05, 0.1) is 50.2 Å². The van der Waals surface area contributed by atoms with Crippen LogP contribution in [0.15, 0.2) is 405 Å². The molecule has 0 bridgehead atoms. The highest BCUT2D eigenvalue weighted by atomic mass is 31.2. The average Bonchev–Trinajstić information content (AvgIpc) is 1.56. The summed E-state index contributed by atoms with van der Waals surface area (Å²) in [7, 11) is -3.14. The lowest BCUT2D eigenvalue weighted by Gasteiger charge is -2.21. The molecule has 0 aliphatic rings. The number of hydrogen-bond donors (Lipinski definition) is 0. The Labute approximate surface area is 671 Å². The number of fused-ring (bicyclic) bond motifs is 24. The number of aromatic nitrogens is 7. The normalized spacial score (nSPS) is 11.8. The third-order valence-corrected chi connectivity index (χ3v) is 26.0. The number of rotatable bonds is 8. The van der Waals surface area contributed by atoms with E-state index in [-0.39, 0.29) is 0 Å². The lowest BCUT2D eigenvalue weighted by atomic mass is 9.93. The van der Waals surface area contributed by atoms with Crippen LogP contribution in [0.4, 0.5) is 0 Å². The van der Waals surface area contributed by atoms with Crippen molar-refractivity contribution in [1.29, 1.82) is 0 Å². The summed E-state index contributed by atoms with van der Waals surface area (Å²) in [6.07, 6.45) is 9.32. The summed E-state index contributed by atoms with van der Waals surface area (Å²) in [6.45, 7) is 0. The van der Waals surface area contributed by atoms with Crippen molar-refractivity contribution in [2.75, 3.05) is 0 Å². The van der Waals surface area contributed by atoms with Gasteiger partial charge in [-0.15, -0.1) is 0 Å². The Balaban J connectivity index is 0.000000107. The topological polar surface area (TPSA) is 120 Å². The van der Waals surface area contributed by atoms with E-state index in [0.29, 0.717) is 0 Å². The summed E-state index contributed by atoms with van der Waals surface area (Å²) < 4.78 is 21.5. The molecule has 117 heavy (non-hydrogen) atoms. The fraction of sp³-hybridized carbons (Fsp3) is 0. The van der Waals surface area contributed by atoms with Crippen molar-refractivity contribution < 1.29 is 8.98 Å². The Hall–Kier alpha value is -15.3. The maximum atomic E-state index is 15.2. The maximum Gasteiger partial charge on any atom is 0.171 e. The fourth-order valence-electron chi connectivity index (χ4n) is 17.6. The molecule has 0 spiro atoms. The molecule has 546 valence electrons. The van der Waals surface area contributed by atoms with Gasteiger partial charge in [0.15, 0.2) is 7.14 Å². The summed E-state index contributed by atoms with van der Waals surface area (Å²) in [5, 5.41) is 25.2. The maximum absolute atomic E-state index is 15.2. The predicted octanol–water partition coefficient (Wildman–Crippen LogP) is 26.5. The first-order valence-corrected chi connectivity index (χ1v) is 40.9. The van der Waals surface area contributed by atoms with Gasteiger partial charge in [0.1, 0.15) is 11.2 Å². The Morgan fingerprint density at radius 1 is 0.239 bits per heavy atom. The van der Waals surface area contributed by atoms with Crippen LogP contribution in [0.5, 0.6) is 0 Å². The molecule has 16 aromatic carbocycles. The minimum absolute atomic E-state index is 0.786. The van der Waals surface area contributed by atoms with E-state index in [4.69, 9.17) is 34.3 Å². The highest BCUT2D eigenvalue weighted by molar-refractivity contribution is 7.85. The van der Waals surface area contributed by atoms with E-state index in [9.17, 15) is 0 Å². The van der Waals surface area contributed by atoms with E-state index in [1.54, 1.807) is 6.20 Å². The SMILES string of the molecule is O=P(c1ccccc1)(c1ccccc1)c1cccc(-c2nc3ccccc3c3c2ccc2ccc4cccnc4c23)c1.c1cc(-c2nc3ccccc3c3c2ccc2ccc4cccnc4c23)cc(-c2cccc3c2oc2ccccc23)c1.c1cncc(-c2cccc(-c3nc4ccccc4c4c3ccc3ccc5cccnc5c34)c2)c1. The van der Waals surface area contributed by atoms with Crippen molar-refractivity contribution >= 4 is 175 Å². The lowest BCUT2D eigenvalue weighted by Crippen LogP contribution is -2.25. The molecule has 24 rings (SSSR count). The first-order chi connectivity index (χ1) is 57.9. The van der Waals surface area contributed by atoms with Gasteiger partial charge in [0, 0.05) is 166 Å². The van der Waals surface area contributed by atoms with Gasteiger partial charge >= 0.3 is 0 Å². The summed E-state index contributed by atoms with van der Waals surface area (Å²) in [4.78, 5) is 34.4. The first-order valence-electron chi connectivity index (χ1n) is 39.2. The monoisotopic (exact) mass is 1510 g/mol. The Bertz CT molecular complexity index is 8160. The van der Waals surface area contributed by atoms with Crippen LogP contribution in [0, 0.1) is 0 Å². The van der Waals surface area contributed by atoms with Crippen molar-refractivity contribution in [3.8, 4) is 56.0 Å². The van der Waals surface area contributed by atoms with Gasteiger partial charge in [-0.2, -0.15) is 0 Å². The number of furan rings is 1. The highest BCUT2D eigenvalue weighted by Crippen LogP contribution is 2.48. The molecular weight excluding hydrogens is 1450 g/mol. The van der Waals surface area contributed by atoms with Crippen LogP contribution >= 0.6 is 7.14 Å². The number of para-hydroxylation sites is 5. The van der Waals surface area contributed by atoms with E-state index in [1.807, 2.05) is 140 Å². The number of nitrogens with zero attached hydrogens (tertiary/aromatic N) is 7. The van der Waals surface area contributed by atoms with E-state index in [1.165, 1.54) is 32.3 Å². The van der Waals surface area contributed by atoms with Crippen LogP contribution in [-0.4, -0.2) is 34.9 Å². The molecule has 8 heterocycles. The smallest absolute Gasteiger partial charge is 0.171 e. The molecule has 0 atom stereocenters. The van der Waals surface area contributed by atoms with E-state index in [0.717, 1.165) is 192 Å². The summed E-state index contributed by atoms with van der Waals surface area (Å²) >= 11 is 0. The van der Waals surface area contributed by atoms with Crippen LogP contribution < -0.4 is 15.9 Å². The Kier molecular flexibility index (Phi) is 16.6. The van der Waals surface area contributed by atoms with Gasteiger partial charge in [-0.25, -0.2) is 15.0 Å². The lowest BCUT2D eigenvalue weighted by molar-refractivity contribution is 0.592. The molecular formula is C107H66N7O2P. The van der Waals surface area contributed by atoms with Crippen LogP contribution in [0.25, 0.3) is 208 Å². The Morgan fingerprint density at radius 3 is 1.09 bits per heavy atom. The standard InChI is InChI=1S/C38H25N2OP.C38H22N2O.C31H19N3/c41-42(29-13-3-1-4-14-29,30-15-5-2-6-16-30)31-17-9-11-28(25-31)37-33-23-22-26-20-21-27-12-10-24-39-38(27)35(26)36(33)32-18-7-8-19-34(32)40-37;1-3-15-32-30(12-1)35-31(20-19-23-17-18-24-10-7-21-39-37(24)34(23)35)36(40-32)26-9-5-8-25(22-26)27-13-6-14-29-28-11-2-4-16-33(28)41-38(27)29;1-2-11-27-25(10-1)29-26(15-14-20-12-13-21-8-5-17-33-31(21)28(20)29)30(34-27)23-7-3-6-22(18-23)24-9-4-16-32-19-24/h1-25H;1-22H;1-19H. The van der Waals surface area contributed by atoms with Gasteiger partial charge in [0.25, 0.3) is 0 Å². The van der Waals surface area contributed by atoms with Crippen molar-refractivity contribution in [3.05, 3.63) is 401 Å². The quantitative estimate of drug-likeness (QED) is 0.108. The third kappa shape index (κ3) is 11.7. The third-order valence-electron chi connectivity index (χ3n) is 23.0. The molecule has 0 radical (unpaired) electrons. The molecule has 9 nitrogen and oxygen atoms in total.